The van der Waals surface area contributed by atoms with Crippen molar-refractivity contribution < 1.29 is 19.0 Å². The molecule has 156 valence electrons. The highest BCUT2D eigenvalue weighted by Crippen LogP contribution is 2.29. The molecule has 0 radical (unpaired) electrons. The van der Waals surface area contributed by atoms with Crippen LogP contribution in [0.3, 0.4) is 0 Å². The lowest BCUT2D eigenvalue weighted by Gasteiger charge is -2.15. The second-order valence-electron chi connectivity index (χ2n) is 7.21. The van der Waals surface area contributed by atoms with E-state index in [1.54, 1.807) is 19.2 Å². The fourth-order valence-corrected chi connectivity index (χ4v) is 3.49. The summed E-state index contributed by atoms with van der Waals surface area (Å²) in [5, 5.41) is 3.60. The number of nitrogens with one attached hydrogen (secondary N) is 2. The molecule has 2 aromatic carbocycles. The molecule has 1 atom stereocenters. The molecule has 1 fully saturated rings. The highest BCUT2D eigenvalue weighted by atomic mass is 16.5. The number of H-pyrrole nitrogens is 1. The largest absolute Gasteiger partial charge is 0.493 e. The van der Waals surface area contributed by atoms with E-state index in [4.69, 9.17) is 14.2 Å². The first-order valence-electron chi connectivity index (χ1n) is 9.95. The normalized spacial score (nSPS) is 15.8. The fourth-order valence-electron chi connectivity index (χ4n) is 3.49. The predicted octanol–water partition coefficient (Wildman–Crippen LogP) is 3.02. The first-order valence-corrected chi connectivity index (χ1v) is 9.95. The minimum atomic E-state index is -0.431. The minimum Gasteiger partial charge on any atom is -0.493 e. The number of para-hydroxylation sites is 1. The van der Waals surface area contributed by atoms with Crippen LogP contribution in [0.2, 0.25) is 0 Å². The van der Waals surface area contributed by atoms with Crippen molar-refractivity contribution in [2.75, 3.05) is 20.3 Å². The molecule has 2 heterocycles. The van der Waals surface area contributed by atoms with Crippen molar-refractivity contribution in [1.82, 2.24) is 10.3 Å². The van der Waals surface area contributed by atoms with Crippen molar-refractivity contribution in [1.29, 1.82) is 0 Å². The maximum Gasteiger partial charge on any atom is 0.261 e. The van der Waals surface area contributed by atoms with Gasteiger partial charge in [0, 0.05) is 18.7 Å². The van der Waals surface area contributed by atoms with Gasteiger partial charge < -0.3 is 24.5 Å². The summed E-state index contributed by atoms with van der Waals surface area (Å²) in [7, 11) is 1.57. The van der Waals surface area contributed by atoms with Gasteiger partial charge in [-0.1, -0.05) is 24.3 Å². The quantitative estimate of drug-likeness (QED) is 0.627. The summed E-state index contributed by atoms with van der Waals surface area (Å²) in [6.07, 6.45) is 2.18. The van der Waals surface area contributed by atoms with Crippen molar-refractivity contribution in [3.05, 3.63) is 70.0 Å². The number of hydrogen-bond acceptors (Lipinski definition) is 5. The monoisotopic (exact) mass is 408 g/mol. The summed E-state index contributed by atoms with van der Waals surface area (Å²) in [5.74, 6) is 0.789. The Morgan fingerprint density at radius 1 is 1.20 bits per heavy atom. The van der Waals surface area contributed by atoms with E-state index in [9.17, 15) is 9.59 Å². The Balaban J connectivity index is 1.42. The lowest BCUT2D eigenvalue weighted by molar-refractivity contribution is 0.0669. The standard InChI is InChI=1S/C23H24N2O5/c1-28-21-11-15(8-9-20(21)30-14-17-6-4-10-29-17)13-24-22(26)18-12-16-5-2-3-7-19(16)25-23(18)27/h2-3,5,7-9,11-12,17H,4,6,10,13-14H2,1H3,(H,24,26)(H,25,27). The summed E-state index contributed by atoms with van der Waals surface area (Å²) >= 11 is 0. The fraction of sp³-hybridized carbons (Fsp3) is 0.304. The number of ether oxygens (including phenoxy) is 3. The van der Waals surface area contributed by atoms with Crippen molar-refractivity contribution in [3.8, 4) is 11.5 Å². The highest BCUT2D eigenvalue weighted by molar-refractivity contribution is 5.97. The predicted molar refractivity (Wildman–Crippen MR) is 113 cm³/mol. The molecule has 0 spiro atoms. The van der Waals surface area contributed by atoms with E-state index < -0.39 is 11.5 Å². The smallest absolute Gasteiger partial charge is 0.261 e. The first kappa shape index (κ1) is 20.0. The molecule has 1 unspecified atom stereocenters. The summed E-state index contributed by atoms with van der Waals surface area (Å²) in [5.41, 5.74) is 1.20. The number of aromatic amines is 1. The molecule has 1 aliphatic rings. The number of benzene rings is 2. The second kappa shape index (κ2) is 9.00. The molecule has 1 amide bonds. The van der Waals surface area contributed by atoms with Crippen LogP contribution in [0.4, 0.5) is 0 Å². The van der Waals surface area contributed by atoms with E-state index in [-0.39, 0.29) is 18.2 Å². The van der Waals surface area contributed by atoms with Crippen LogP contribution in [-0.2, 0) is 11.3 Å². The van der Waals surface area contributed by atoms with Crippen LogP contribution in [0.25, 0.3) is 10.9 Å². The lowest BCUT2D eigenvalue weighted by Crippen LogP contribution is -2.29. The number of amides is 1. The van der Waals surface area contributed by atoms with Gasteiger partial charge >= 0.3 is 0 Å². The molecule has 30 heavy (non-hydrogen) atoms. The van der Waals surface area contributed by atoms with E-state index in [2.05, 4.69) is 10.3 Å². The van der Waals surface area contributed by atoms with Crippen LogP contribution in [-0.4, -0.2) is 37.3 Å². The Kier molecular flexibility index (Phi) is 5.99. The average Bonchev–Trinajstić information content (AvgIpc) is 3.29. The summed E-state index contributed by atoms with van der Waals surface area (Å²) in [4.78, 5) is 27.5. The molecule has 1 aliphatic heterocycles. The third kappa shape index (κ3) is 4.46. The number of aromatic nitrogens is 1. The molecular formula is C23H24N2O5. The van der Waals surface area contributed by atoms with Crippen molar-refractivity contribution in [3.63, 3.8) is 0 Å². The number of methoxy groups -OCH3 is 1. The van der Waals surface area contributed by atoms with Gasteiger partial charge in [0.15, 0.2) is 11.5 Å². The van der Waals surface area contributed by atoms with E-state index in [1.165, 1.54) is 0 Å². The summed E-state index contributed by atoms with van der Waals surface area (Å²) < 4.78 is 16.8. The van der Waals surface area contributed by atoms with Crippen LogP contribution in [0.5, 0.6) is 11.5 Å². The molecule has 3 aromatic rings. The maximum absolute atomic E-state index is 12.6. The second-order valence-corrected chi connectivity index (χ2v) is 7.21. The molecular weight excluding hydrogens is 384 g/mol. The van der Waals surface area contributed by atoms with Gasteiger partial charge in [-0.15, -0.1) is 0 Å². The number of pyridine rings is 1. The summed E-state index contributed by atoms with van der Waals surface area (Å²) in [6.45, 7) is 1.52. The lowest BCUT2D eigenvalue weighted by atomic mass is 10.1. The zero-order valence-electron chi connectivity index (χ0n) is 16.8. The third-order valence-corrected chi connectivity index (χ3v) is 5.13. The molecule has 0 bridgehead atoms. The van der Waals surface area contributed by atoms with Gasteiger partial charge in [-0.2, -0.15) is 0 Å². The molecule has 7 heteroatoms. The van der Waals surface area contributed by atoms with E-state index in [0.717, 1.165) is 30.4 Å². The van der Waals surface area contributed by atoms with Crippen LogP contribution < -0.4 is 20.3 Å². The van der Waals surface area contributed by atoms with Crippen molar-refractivity contribution in [2.45, 2.75) is 25.5 Å². The number of carbonyl (C=O) groups excluding carboxylic acids is 1. The average molecular weight is 408 g/mol. The van der Waals surface area contributed by atoms with Gasteiger partial charge in [-0.25, -0.2) is 0 Å². The Hall–Kier alpha value is -3.32. The summed E-state index contributed by atoms with van der Waals surface area (Å²) in [6, 6.07) is 14.4. The van der Waals surface area contributed by atoms with Crippen LogP contribution in [0.15, 0.2) is 53.3 Å². The van der Waals surface area contributed by atoms with Gasteiger partial charge in [-0.3, -0.25) is 9.59 Å². The molecule has 0 saturated carbocycles. The van der Waals surface area contributed by atoms with E-state index >= 15 is 0 Å². The minimum absolute atomic E-state index is 0.0807. The van der Waals surface area contributed by atoms with Crippen LogP contribution >= 0.6 is 0 Å². The van der Waals surface area contributed by atoms with Crippen molar-refractivity contribution >= 4 is 16.8 Å². The van der Waals surface area contributed by atoms with E-state index in [0.29, 0.717) is 23.6 Å². The molecule has 1 saturated heterocycles. The van der Waals surface area contributed by atoms with Gasteiger partial charge in [-0.05, 0) is 48.1 Å². The number of rotatable bonds is 7. The van der Waals surface area contributed by atoms with Gasteiger partial charge in [0.1, 0.15) is 12.2 Å². The van der Waals surface area contributed by atoms with E-state index in [1.807, 2.05) is 36.4 Å². The topological polar surface area (TPSA) is 89.7 Å². The Labute approximate surface area is 174 Å². The highest BCUT2D eigenvalue weighted by Gasteiger charge is 2.17. The molecule has 4 rings (SSSR count). The van der Waals surface area contributed by atoms with Gasteiger partial charge in [0.2, 0.25) is 0 Å². The van der Waals surface area contributed by atoms with Gasteiger partial charge in [0.25, 0.3) is 11.5 Å². The Morgan fingerprint density at radius 3 is 2.87 bits per heavy atom. The van der Waals surface area contributed by atoms with Crippen LogP contribution in [0.1, 0.15) is 28.8 Å². The molecule has 0 aliphatic carbocycles. The molecule has 7 nitrogen and oxygen atoms in total. The van der Waals surface area contributed by atoms with Gasteiger partial charge in [0.05, 0.1) is 13.2 Å². The van der Waals surface area contributed by atoms with Crippen molar-refractivity contribution in [2.24, 2.45) is 0 Å². The Morgan fingerprint density at radius 2 is 2.07 bits per heavy atom. The number of fused-ring (bicyclic) bond motifs is 1. The Bertz CT molecular complexity index is 1100. The number of hydrogen-bond donors (Lipinski definition) is 2. The zero-order valence-corrected chi connectivity index (χ0v) is 16.8. The molecule has 1 aromatic heterocycles. The zero-order chi connectivity index (χ0) is 20.9. The third-order valence-electron chi connectivity index (χ3n) is 5.13. The maximum atomic E-state index is 12.6. The SMILES string of the molecule is COc1cc(CNC(=O)c2cc3ccccc3[nH]c2=O)ccc1OCC1CCCO1. The number of carbonyl (C=O) groups is 1. The van der Waals surface area contributed by atoms with Crippen LogP contribution in [0, 0.1) is 0 Å². The first-order chi connectivity index (χ1) is 14.6. The molecule has 2 N–H and O–H groups in total.